The van der Waals surface area contributed by atoms with Gasteiger partial charge in [0.25, 0.3) is 5.91 Å². The Hall–Kier alpha value is -4.30. The summed E-state index contributed by atoms with van der Waals surface area (Å²) in [4.78, 5) is 47.4. The zero-order valence-corrected chi connectivity index (χ0v) is 22.4. The molecule has 0 saturated carbocycles. The zero-order valence-electron chi connectivity index (χ0n) is 22.4. The second kappa shape index (κ2) is 11.2. The molecule has 2 amide bonds. The Kier molecular flexibility index (Phi) is 7.56. The average molecular weight is 525 g/mol. The van der Waals surface area contributed by atoms with Crippen molar-refractivity contribution in [3.63, 3.8) is 0 Å². The molecule has 2 heterocycles. The first-order valence-corrected chi connectivity index (χ1v) is 13.1. The molecule has 3 aromatic carbocycles. The molecular formula is C31H32N4O4. The molecule has 1 N–H and O–H groups in total. The number of aliphatic imine (C=N–C) groups is 1. The number of rotatable bonds is 6. The van der Waals surface area contributed by atoms with E-state index < -0.39 is 11.9 Å². The molecule has 5 rings (SSSR count). The first kappa shape index (κ1) is 26.3. The molecular weight excluding hydrogens is 492 g/mol. The van der Waals surface area contributed by atoms with E-state index in [0.717, 1.165) is 37.1 Å². The van der Waals surface area contributed by atoms with E-state index in [0.29, 0.717) is 34.3 Å². The minimum Gasteiger partial charge on any atom is -0.465 e. The molecule has 39 heavy (non-hydrogen) atoms. The van der Waals surface area contributed by atoms with Crippen molar-refractivity contribution in [1.29, 1.82) is 0 Å². The number of fused-ring (bicyclic) bond motifs is 1. The maximum atomic E-state index is 13.2. The second-order valence-electron chi connectivity index (χ2n) is 10.1. The lowest BCUT2D eigenvalue weighted by Gasteiger charge is -2.35. The van der Waals surface area contributed by atoms with Crippen LogP contribution >= 0.6 is 0 Å². The normalized spacial score (nSPS) is 17.6. The molecule has 1 saturated heterocycles. The van der Waals surface area contributed by atoms with E-state index in [1.807, 2.05) is 47.4 Å². The van der Waals surface area contributed by atoms with Crippen LogP contribution in [0.2, 0.25) is 0 Å². The Morgan fingerprint density at radius 1 is 0.923 bits per heavy atom. The Balaban J connectivity index is 1.43. The minimum atomic E-state index is -0.659. The van der Waals surface area contributed by atoms with Crippen LogP contribution in [0.4, 0.5) is 11.4 Å². The third-order valence-electron chi connectivity index (χ3n) is 7.49. The minimum absolute atomic E-state index is 0.0246. The number of hydrogen-bond acceptors (Lipinski definition) is 6. The fourth-order valence-electron chi connectivity index (χ4n) is 5.27. The van der Waals surface area contributed by atoms with Gasteiger partial charge in [-0.3, -0.25) is 14.6 Å². The number of amides is 2. The molecule has 1 atom stereocenters. The molecule has 2 aliphatic rings. The van der Waals surface area contributed by atoms with Gasteiger partial charge < -0.3 is 19.9 Å². The van der Waals surface area contributed by atoms with E-state index in [1.165, 1.54) is 7.11 Å². The zero-order chi connectivity index (χ0) is 27.5. The van der Waals surface area contributed by atoms with Crippen molar-refractivity contribution in [3.05, 3.63) is 95.1 Å². The van der Waals surface area contributed by atoms with Gasteiger partial charge in [-0.25, -0.2) is 4.79 Å². The van der Waals surface area contributed by atoms with Crippen LogP contribution in [0.3, 0.4) is 0 Å². The highest BCUT2D eigenvalue weighted by molar-refractivity contribution is 6.24. The first-order valence-electron chi connectivity index (χ1n) is 13.1. The predicted molar refractivity (Wildman–Crippen MR) is 151 cm³/mol. The van der Waals surface area contributed by atoms with Gasteiger partial charge in [-0.1, -0.05) is 36.4 Å². The Bertz CT molecular complexity index is 1410. The van der Waals surface area contributed by atoms with Gasteiger partial charge in [-0.05, 0) is 74.5 Å². The molecule has 0 bridgehead atoms. The van der Waals surface area contributed by atoms with E-state index in [9.17, 15) is 14.4 Å². The van der Waals surface area contributed by atoms with Gasteiger partial charge in [0.2, 0.25) is 5.91 Å². The van der Waals surface area contributed by atoms with Crippen molar-refractivity contribution in [1.82, 2.24) is 9.80 Å². The summed E-state index contributed by atoms with van der Waals surface area (Å²) in [7, 11) is 5.49. The van der Waals surface area contributed by atoms with Crippen LogP contribution in [0.1, 0.15) is 50.6 Å². The van der Waals surface area contributed by atoms with Crippen LogP contribution in [0, 0.1) is 0 Å². The van der Waals surface area contributed by atoms with E-state index in [4.69, 9.17) is 9.73 Å². The molecule has 0 radical (unpaired) electrons. The number of hydrogen-bond donors (Lipinski definition) is 1. The van der Waals surface area contributed by atoms with Gasteiger partial charge in [0, 0.05) is 30.4 Å². The summed E-state index contributed by atoms with van der Waals surface area (Å²) in [5, 5.41) is 2.89. The topological polar surface area (TPSA) is 91.3 Å². The lowest BCUT2D eigenvalue weighted by atomic mass is 9.90. The number of carbonyl (C=O) groups is 3. The van der Waals surface area contributed by atoms with Crippen molar-refractivity contribution in [2.24, 2.45) is 4.99 Å². The van der Waals surface area contributed by atoms with Crippen molar-refractivity contribution in [2.45, 2.75) is 24.8 Å². The number of benzene rings is 3. The van der Waals surface area contributed by atoms with Gasteiger partial charge in [0.05, 0.1) is 24.1 Å². The number of carbonyl (C=O) groups excluding carboxylic acids is 3. The molecule has 0 aromatic heterocycles. The van der Waals surface area contributed by atoms with Gasteiger partial charge in [0.15, 0.2) is 0 Å². The van der Waals surface area contributed by atoms with Gasteiger partial charge in [0.1, 0.15) is 5.92 Å². The highest BCUT2D eigenvalue weighted by Gasteiger charge is 2.36. The third-order valence-corrected chi connectivity index (χ3v) is 7.49. The molecule has 8 nitrogen and oxygen atoms in total. The highest BCUT2D eigenvalue weighted by atomic mass is 16.5. The fourth-order valence-corrected chi connectivity index (χ4v) is 5.27. The summed E-state index contributed by atoms with van der Waals surface area (Å²) in [6.07, 6.45) is 1.93. The SMILES string of the molecule is COC(=O)c1ccc2c(c1)NC(=O)C2C(=Nc1ccc(C(=O)N2CCC(N(C)C)CC2)cc1)c1ccccc1. The van der Waals surface area contributed by atoms with E-state index >= 15 is 0 Å². The van der Waals surface area contributed by atoms with Gasteiger partial charge in [-0.2, -0.15) is 0 Å². The number of esters is 1. The molecule has 2 aliphatic heterocycles. The summed E-state index contributed by atoms with van der Waals surface area (Å²) in [5.41, 5.74) is 4.33. The van der Waals surface area contributed by atoms with E-state index in [2.05, 4.69) is 24.3 Å². The van der Waals surface area contributed by atoms with Crippen molar-refractivity contribution >= 4 is 34.9 Å². The Labute approximate surface area is 228 Å². The smallest absolute Gasteiger partial charge is 0.337 e. The summed E-state index contributed by atoms with van der Waals surface area (Å²) in [6, 6.07) is 22.3. The summed E-state index contributed by atoms with van der Waals surface area (Å²) >= 11 is 0. The summed E-state index contributed by atoms with van der Waals surface area (Å²) < 4.78 is 4.82. The van der Waals surface area contributed by atoms with E-state index in [1.54, 1.807) is 30.3 Å². The lowest BCUT2D eigenvalue weighted by molar-refractivity contribution is -0.115. The monoisotopic (exact) mass is 524 g/mol. The molecule has 0 aliphatic carbocycles. The second-order valence-corrected chi connectivity index (χ2v) is 10.1. The molecule has 8 heteroatoms. The van der Waals surface area contributed by atoms with Crippen LogP contribution < -0.4 is 5.32 Å². The van der Waals surface area contributed by atoms with Gasteiger partial charge >= 0.3 is 5.97 Å². The Morgan fingerprint density at radius 3 is 2.23 bits per heavy atom. The Morgan fingerprint density at radius 2 is 1.59 bits per heavy atom. The van der Waals surface area contributed by atoms with Crippen LogP contribution in [0.5, 0.6) is 0 Å². The summed E-state index contributed by atoms with van der Waals surface area (Å²) in [5.74, 6) is -1.32. The van der Waals surface area contributed by atoms with Crippen molar-refractivity contribution in [2.75, 3.05) is 39.6 Å². The molecule has 3 aromatic rings. The highest BCUT2D eigenvalue weighted by Crippen LogP contribution is 2.37. The van der Waals surface area contributed by atoms with Crippen LogP contribution in [-0.4, -0.2) is 73.6 Å². The van der Waals surface area contributed by atoms with Crippen LogP contribution in [-0.2, 0) is 9.53 Å². The molecule has 200 valence electrons. The number of likely N-dealkylation sites (tertiary alicyclic amines) is 1. The van der Waals surface area contributed by atoms with Crippen molar-refractivity contribution < 1.29 is 19.1 Å². The number of methoxy groups -OCH3 is 1. The number of nitrogens with zero attached hydrogens (tertiary/aromatic N) is 3. The van der Waals surface area contributed by atoms with Gasteiger partial charge in [-0.15, -0.1) is 0 Å². The lowest BCUT2D eigenvalue weighted by Crippen LogP contribution is -2.44. The fraction of sp³-hybridized carbons (Fsp3) is 0.290. The molecule has 1 unspecified atom stereocenters. The standard InChI is InChI=1S/C31H32N4O4/c1-34(2)24-15-17-35(18-16-24)30(37)21-9-12-23(13-10-21)32-28(20-7-5-4-6-8-20)27-25-14-11-22(31(38)39-3)19-26(25)33-29(27)36/h4-14,19,24,27H,15-18H2,1-3H3,(H,33,36). The third kappa shape index (κ3) is 5.47. The molecule has 1 fully saturated rings. The summed E-state index contributed by atoms with van der Waals surface area (Å²) in [6.45, 7) is 1.49. The molecule has 0 spiro atoms. The van der Waals surface area contributed by atoms with Crippen LogP contribution in [0.25, 0.3) is 0 Å². The van der Waals surface area contributed by atoms with Crippen LogP contribution in [0.15, 0.2) is 77.8 Å². The van der Waals surface area contributed by atoms with E-state index in [-0.39, 0.29) is 11.8 Å². The quantitative estimate of drug-likeness (QED) is 0.379. The van der Waals surface area contributed by atoms with Crippen molar-refractivity contribution in [3.8, 4) is 0 Å². The average Bonchev–Trinajstić information content (AvgIpc) is 3.30. The number of nitrogens with one attached hydrogen (secondary N) is 1. The predicted octanol–water partition coefficient (Wildman–Crippen LogP) is 4.50. The largest absolute Gasteiger partial charge is 0.465 e. The number of anilines is 1. The maximum absolute atomic E-state index is 13.2. The number of ether oxygens (including phenoxy) is 1. The maximum Gasteiger partial charge on any atom is 0.337 e. The number of piperidine rings is 1. The first-order chi connectivity index (χ1) is 18.9.